The summed E-state index contributed by atoms with van der Waals surface area (Å²) in [5.74, 6) is 0. The second kappa shape index (κ2) is 5.51. The van der Waals surface area contributed by atoms with E-state index < -0.39 is 0 Å². The number of rotatable bonds is 4. The first-order valence-electron chi connectivity index (χ1n) is 2.96. The Bertz CT molecular complexity index is 105. The van der Waals surface area contributed by atoms with Crippen molar-refractivity contribution in [1.82, 2.24) is 0 Å². The van der Waals surface area contributed by atoms with Crippen LogP contribution in [0.1, 0.15) is 6.92 Å². The van der Waals surface area contributed by atoms with Gasteiger partial charge in [-0.15, -0.1) is 0 Å². The van der Waals surface area contributed by atoms with Crippen molar-refractivity contribution in [2.24, 2.45) is 10.7 Å². The first kappa shape index (κ1) is 8.37. The van der Waals surface area contributed by atoms with Crippen molar-refractivity contribution in [2.45, 2.75) is 6.92 Å². The third-order valence-electron chi connectivity index (χ3n) is 0.932. The summed E-state index contributed by atoms with van der Waals surface area (Å²) < 4.78 is 0. The van der Waals surface area contributed by atoms with E-state index in [9.17, 15) is 0 Å². The van der Waals surface area contributed by atoms with Crippen LogP contribution in [-0.2, 0) is 0 Å². The molecule has 0 spiro atoms. The van der Waals surface area contributed by atoms with E-state index in [0.29, 0.717) is 13.1 Å². The van der Waals surface area contributed by atoms with E-state index in [4.69, 9.17) is 5.73 Å². The lowest BCUT2D eigenvalue weighted by molar-refractivity contribution is 1.03. The zero-order chi connectivity index (χ0) is 7.11. The summed E-state index contributed by atoms with van der Waals surface area (Å²) >= 11 is 0. The maximum absolute atomic E-state index is 5.21. The highest BCUT2D eigenvalue weighted by Crippen LogP contribution is 1.80. The summed E-state index contributed by atoms with van der Waals surface area (Å²) in [6.45, 7) is 6.77. The van der Waals surface area contributed by atoms with Crippen molar-refractivity contribution >= 4 is 5.71 Å². The Morgan fingerprint density at radius 2 is 2.44 bits per heavy atom. The van der Waals surface area contributed by atoms with Crippen molar-refractivity contribution in [1.29, 1.82) is 0 Å². The molecule has 0 atom stereocenters. The van der Waals surface area contributed by atoms with E-state index in [1.54, 1.807) is 6.08 Å². The molecule has 0 aliphatic heterocycles. The molecule has 0 aliphatic rings. The highest BCUT2D eigenvalue weighted by atomic mass is 14.7. The monoisotopic (exact) mass is 125 g/mol. The Labute approximate surface area is 56.5 Å². The van der Waals surface area contributed by atoms with Gasteiger partial charge < -0.3 is 5.73 Å². The molecule has 0 saturated heterocycles. The van der Waals surface area contributed by atoms with Crippen LogP contribution in [-0.4, -0.2) is 18.8 Å². The Balaban J connectivity index is 3.31. The molecule has 0 heterocycles. The molecular formula is C7H13N2. The number of nitrogens with zero attached hydrogens (tertiary/aromatic N) is 1. The molecule has 0 amide bonds. The van der Waals surface area contributed by atoms with Crippen LogP contribution in [0.5, 0.6) is 0 Å². The van der Waals surface area contributed by atoms with Gasteiger partial charge in [0.2, 0.25) is 0 Å². The van der Waals surface area contributed by atoms with Gasteiger partial charge in [-0.2, -0.15) is 0 Å². The molecule has 0 saturated carbocycles. The number of hydrogen-bond acceptors (Lipinski definition) is 2. The van der Waals surface area contributed by atoms with Crippen molar-refractivity contribution in [3.63, 3.8) is 0 Å². The molecule has 2 nitrogen and oxygen atoms in total. The fourth-order valence-corrected chi connectivity index (χ4v) is 0.348. The molecule has 0 rings (SSSR count). The molecule has 0 aliphatic carbocycles. The summed E-state index contributed by atoms with van der Waals surface area (Å²) in [6.07, 6.45) is 3.64. The average molecular weight is 125 g/mol. The first-order valence-corrected chi connectivity index (χ1v) is 2.96. The average Bonchev–Trinajstić information content (AvgIpc) is 1.89. The molecule has 2 heteroatoms. The van der Waals surface area contributed by atoms with E-state index in [1.165, 1.54) is 0 Å². The van der Waals surface area contributed by atoms with Gasteiger partial charge in [0.1, 0.15) is 0 Å². The molecule has 1 radical (unpaired) electrons. The van der Waals surface area contributed by atoms with Crippen LogP contribution >= 0.6 is 0 Å². The Morgan fingerprint density at radius 3 is 2.89 bits per heavy atom. The summed E-state index contributed by atoms with van der Waals surface area (Å²) in [6, 6.07) is 0. The summed E-state index contributed by atoms with van der Waals surface area (Å²) in [4.78, 5) is 4.10. The molecule has 2 N–H and O–H groups in total. The minimum atomic E-state index is 0.591. The van der Waals surface area contributed by atoms with Crippen LogP contribution < -0.4 is 5.73 Å². The van der Waals surface area contributed by atoms with Gasteiger partial charge in [0.25, 0.3) is 0 Å². The van der Waals surface area contributed by atoms with Crippen molar-refractivity contribution in [3.05, 3.63) is 19.1 Å². The second-order valence-electron chi connectivity index (χ2n) is 1.71. The minimum Gasteiger partial charge on any atom is -0.330 e. The Morgan fingerprint density at radius 1 is 1.78 bits per heavy atom. The molecule has 0 aromatic heterocycles. The van der Waals surface area contributed by atoms with E-state index in [1.807, 2.05) is 13.3 Å². The highest BCUT2D eigenvalue weighted by molar-refractivity contribution is 5.92. The molecule has 0 unspecified atom stereocenters. The summed E-state index contributed by atoms with van der Waals surface area (Å²) in [5.41, 5.74) is 6.16. The van der Waals surface area contributed by atoms with Crippen LogP contribution in [0, 0.1) is 6.42 Å². The maximum Gasteiger partial charge on any atom is 0.0436 e. The smallest absolute Gasteiger partial charge is 0.0436 e. The van der Waals surface area contributed by atoms with Crippen LogP contribution in [0.4, 0.5) is 0 Å². The minimum absolute atomic E-state index is 0.591. The molecule has 0 aromatic carbocycles. The van der Waals surface area contributed by atoms with Crippen LogP contribution in [0.25, 0.3) is 0 Å². The van der Waals surface area contributed by atoms with Gasteiger partial charge in [-0.1, -0.05) is 6.58 Å². The van der Waals surface area contributed by atoms with Gasteiger partial charge in [0.15, 0.2) is 0 Å². The van der Waals surface area contributed by atoms with E-state index in [0.717, 1.165) is 5.71 Å². The Kier molecular flexibility index (Phi) is 5.12. The van der Waals surface area contributed by atoms with Gasteiger partial charge in [-0.3, -0.25) is 4.99 Å². The predicted octanol–water partition coefficient (Wildman–Crippen LogP) is 0.796. The SMILES string of the molecule is C=CC(C)=NC[CH]CN. The van der Waals surface area contributed by atoms with Crippen LogP contribution in [0.3, 0.4) is 0 Å². The van der Waals surface area contributed by atoms with Gasteiger partial charge >= 0.3 is 0 Å². The highest BCUT2D eigenvalue weighted by Gasteiger charge is 1.80. The van der Waals surface area contributed by atoms with E-state index in [2.05, 4.69) is 11.6 Å². The molecule has 0 bridgehead atoms. The van der Waals surface area contributed by atoms with Crippen molar-refractivity contribution in [3.8, 4) is 0 Å². The van der Waals surface area contributed by atoms with E-state index >= 15 is 0 Å². The topological polar surface area (TPSA) is 38.4 Å². The lowest BCUT2D eigenvalue weighted by Crippen LogP contribution is -2.01. The molecule has 0 aromatic rings. The molecule has 51 valence electrons. The zero-order valence-corrected chi connectivity index (χ0v) is 5.80. The fraction of sp³-hybridized carbons (Fsp3) is 0.429. The van der Waals surface area contributed by atoms with Gasteiger partial charge in [-0.05, 0) is 26.0 Å². The lowest BCUT2D eigenvalue weighted by atomic mass is 10.4. The standard InChI is InChI=1S/C7H13N2/c1-3-7(2)9-6-4-5-8/h3-4H,1,5-6,8H2,2H3. The van der Waals surface area contributed by atoms with Gasteiger partial charge in [0, 0.05) is 12.3 Å². The Hall–Kier alpha value is -0.630. The van der Waals surface area contributed by atoms with Crippen LogP contribution in [0.15, 0.2) is 17.6 Å². The zero-order valence-electron chi connectivity index (χ0n) is 5.80. The molecule has 0 fully saturated rings. The predicted molar refractivity (Wildman–Crippen MR) is 41.5 cm³/mol. The van der Waals surface area contributed by atoms with Gasteiger partial charge in [-0.25, -0.2) is 0 Å². The second-order valence-corrected chi connectivity index (χ2v) is 1.71. The number of nitrogens with two attached hydrogens (primary N) is 1. The van der Waals surface area contributed by atoms with Gasteiger partial charge in [0.05, 0.1) is 0 Å². The largest absolute Gasteiger partial charge is 0.330 e. The number of hydrogen-bond donors (Lipinski definition) is 1. The fourth-order valence-electron chi connectivity index (χ4n) is 0.348. The number of aliphatic imine (C=N–C) groups is 1. The van der Waals surface area contributed by atoms with Crippen LogP contribution in [0.2, 0.25) is 0 Å². The number of allylic oxidation sites excluding steroid dienone is 1. The third kappa shape index (κ3) is 5.24. The molecular weight excluding hydrogens is 112 g/mol. The normalized spacial score (nSPS) is 11.6. The molecule has 9 heavy (non-hydrogen) atoms. The summed E-state index contributed by atoms with van der Waals surface area (Å²) in [5, 5.41) is 0. The quantitative estimate of drug-likeness (QED) is 0.438. The van der Waals surface area contributed by atoms with Crippen molar-refractivity contribution in [2.75, 3.05) is 13.1 Å². The maximum atomic E-state index is 5.21. The van der Waals surface area contributed by atoms with Crippen molar-refractivity contribution < 1.29 is 0 Å². The first-order chi connectivity index (χ1) is 4.31. The third-order valence-corrected chi connectivity index (χ3v) is 0.932. The van der Waals surface area contributed by atoms with E-state index in [-0.39, 0.29) is 0 Å². The lowest BCUT2D eigenvalue weighted by Gasteiger charge is -1.90. The summed E-state index contributed by atoms with van der Waals surface area (Å²) in [7, 11) is 0.